The van der Waals surface area contributed by atoms with Crippen molar-refractivity contribution in [2.75, 3.05) is 19.8 Å². The van der Waals surface area contributed by atoms with E-state index >= 15 is 0 Å². The number of rotatable bonds is 9. The van der Waals surface area contributed by atoms with Crippen LogP contribution in [0.3, 0.4) is 0 Å². The number of amides is 1. The summed E-state index contributed by atoms with van der Waals surface area (Å²) in [6, 6.07) is 7.05. The highest BCUT2D eigenvalue weighted by atomic mass is 35.5. The Kier molecular flexibility index (Phi) is 8.07. The fourth-order valence-corrected chi connectivity index (χ4v) is 1.85. The summed E-state index contributed by atoms with van der Waals surface area (Å²) in [6.45, 7) is 5.81. The van der Waals surface area contributed by atoms with Gasteiger partial charge in [0.25, 0.3) is 5.91 Å². The maximum atomic E-state index is 12.0. The highest BCUT2D eigenvalue weighted by Crippen LogP contribution is 2.19. The van der Waals surface area contributed by atoms with Crippen LogP contribution in [0, 0.1) is 0 Å². The van der Waals surface area contributed by atoms with Gasteiger partial charge in [-0.05, 0) is 38.0 Å². The van der Waals surface area contributed by atoms with Gasteiger partial charge in [-0.3, -0.25) is 4.79 Å². The predicted molar refractivity (Wildman–Crippen MR) is 80.3 cm³/mol. The van der Waals surface area contributed by atoms with Crippen molar-refractivity contribution < 1.29 is 14.3 Å². The standard InChI is InChI=1S/C15H22ClNO3/c1-3-14(15(18)17-9-6-10-19-4-2)20-13-8-5-7-12(16)11-13/h5,7-8,11,14H,3-4,6,9-10H2,1-2H3,(H,17,18)/t14-/m0/s1. The number of carbonyl (C=O) groups excluding carboxylic acids is 1. The maximum absolute atomic E-state index is 12.0. The van der Waals surface area contributed by atoms with E-state index in [2.05, 4.69) is 5.32 Å². The van der Waals surface area contributed by atoms with Crippen molar-refractivity contribution in [3.63, 3.8) is 0 Å². The number of benzene rings is 1. The van der Waals surface area contributed by atoms with Crippen LogP contribution in [0.4, 0.5) is 0 Å². The van der Waals surface area contributed by atoms with Crippen LogP contribution in [-0.2, 0) is 9.53 Å². The SMILES string of the molecule is CCOCCCNC(=O)[C@H](CC)Oc1cccc(Cl)c1. The minimum atomic E-state index is -0.499. The molecule has 0 aliphatic heterocycles. The molecule has 0 fully saturated rings. The Morgan fingerprint density at radius 2 is 2.20 bits per heavy atom. The van der Waals surface area contributed by atoms with Gasteiger partial charge in [0.1, 0.15) is 5.75 Å². The summed E-state index contributed by atoms with van der Waals surface area (Å²) in [7, 11) is 0. The zero-order valence-corrected chi connectivity index (χ0v) is 12.8. The summed E-state index contributed by atoms with van der Waals surface area (Å²) >= 11 is 5.89. The molecule has 1 aromatic carbocycles. The van der Waals surface area contributed by atoms with Crippen LogP contribution in [0.25, 0.3) is 0 Å². The van der Waals surface area contributed by atoms with Crippen molar-refractivity contribution in [2.45, 2.75) is 32.8 Å². The lowest BCUT2D eigenvalue weighted by Crippen LogP contribution is -2.38. The first-order valence-corrected chi connectivity index (χ1v) is 7.32. The number of ether oxygens (including phenoxy) is 2. The molecule has 112 valence electrons. The van der Waals surface area contributed by atoms with E-state index in [1.165, 1.54) is 0 Å². The van der Waals surface area contributed by atoms with Crippen molar-refractivity contribution in [1.82, 2.24) is 5.32 Å². The van der Waals surface area contributed by atoms with Gasteiger partial charge in [0.2, 0.25) is 0 Å². The predicted octanol–water partition coefficient (Wildman–Crippen LogP) is 3.04. The summed E-state index contributed by atoms with van der Waals surface area (Å²) < 4.78 is 10.9. The minimum absolute atomic E-state index is 0.107. The van der Waals surface area contributed by atoms with Crippen LogP contribution in [-0.4, -0.2) is 31.8 Å². The second kappa shape index (κ2) is 9.61. The molecule has 0 radical (unpaired) electrons. The number of hydrogen-bond acceptors (Lipinski definition) is 3. The van der Waals surface area contributed by atoms with Crippen LogP contribution in [0.5, 0.6) is 5.75 Å². The fraction of sp³-hybridized carbons (Fsp3) is 0.533. The van der Waals surface area contributed by atoms with Crippen LogP contribution in [0.1, 0.15) is 26.7 Å². The van der Waals surface area contributed by atoms with Crippen molar-refractivity contribution in [2.24, 2.45) is 0 Å². The van der Waals surface area contributed by atoms with E-state index < -0.39 is 6.10 Å². The van der Waals surface area contributed by atoms with Crippen LogP contribution >= 0.6 is 11.6 Å². The second-order valence-corrected chi connectivity index (χ2v) is 4.75. The van der Waals surface area contributed by atoms with Crippen molar-refractivity contribution >= 4 is 17.5 Å². The third kappa shape index (κ3) is 6.26. The number of carbonyl (C=O) groups is 1. The first-order valence-electron chi connectivity index (χ1n) is 6.95. The lowest BCUT2D eigenvalue weighted by atomic mass is 10.2. The minimum Gasteiger partial charge on any atom is -0.481 e. The molecule has 0 aliphatic carbocycles. The molecule has 1 rings (SSSR count). The molecule has 0 heterocycles. The van der Waals surface area contributed by atoms with E-state index in [1.54, 1.807) is 24.3 Å². The molecular formula is C15H22ClNO3. The van der Waals surface area contributed by atoms with E-state index in [0.717, 1.165) is 6.42 Å². The molecule has 4 nitrogen and oxygen atoms in total. The maximum Gasteiger partial charge on any atom is 0.261 e. The molecular weight excluding hydrogens is 278 g/mol. The van der Waals surface area contributed by atoms with E-state index in [0.29, 0.717) is 37.0 Å². The van der Waals surface area contributed by atoms with Gasteiger partial charge in [-0.25, -0.2) is 0 Å². The smallest absolute Gasteiger partial charge is 0.261 e. The number of hydrogen-bond donors (Lipinski definition) is 1. The normalized spacial score (nSPS) is 11.9. The van der Waals surface area contributed by atoms with Gasteiger partial charge in [-0.15, -0.1) is 0 Å². The third-order valence-corrected chi connectivity index (χ3v) is 2.94. The molecule has 0 unspecified atom stereocenters. The zero-order valence-electron chi connectivity index (χ0n) is 12.0. The second-order valence-electron chi connectivity index (χ2n) is 4.31. The highest BCUT2D eigenvalue weighted by molar-refractivity contribution is 6.30. The lowest BCUT2D eigenvalue weighted by molar-refractivity contribution is -0.128. The van der Waals surface area contributed by atoms with Crippen LogP contribution < -0.4 is 10.1 Å². The molecule has 0 saturated carbocycles. The summed E-state index contributed by atoms with van der Waals surface area (Å²) in [5.41, 5.74) is 0. The van der Waals surface area contributed by atoms with Crippen LogP contribution in [0.15, 0.2) is 24.3 Å². The quantitative estimate of drug-likeness (QED) is 0.713. The summed E-state index contributed by atoms with van der Waals surface area (Å²) in [5.74, 6) is 0.498. The van der Waals surface area contributed by atoms with Crippen LogP contribution in [0.2, 0.25) is 5.02 Å². The van der Waals surface area contributed by atoms with Crippen molar-refractivity contribution in [3.8, 4) is 5.75 Å². The Labute approximate surface area is 125 Å². The lowest BCUT2D eigenvalue weighted by Gasteiger charge is -2.17. The Balaban J connectivity index is 2.39. The molecule has 1 aromatic rings. The van der Waals surface area contributed by atoms with Gasteiger partial charge >= 0.3 is 0 Å². The molecule has 0 aromatic heterocycles. The Morgan fingerprint density at radius 3 is 2.85 bits per heavy atom. The van der Waals surface area contributed by atoms with Crippen molar-refractivity contribution in [1.29, 1.82) is 0 Å². The van der Waals surface area contributed by atoms with Gasteiger partial charge in [0.15, 0.2) is 6.10 Å². The topological polar surface area (TPSA) is 47.6 Å². The zero-order chi connectivity index (χ0) is 14.8. The van der Waals surface area contributed by atoms with Crippen molar-refractivity contribution in [3.05, 3.63) is 29.3 Å². The average Bonchev–Trinajstić information content (AvgIpc) is 2.44. The monoisotopic (exact) mass is 299 g/mol. The van der Waals surface area contributed by atoms with E-state index in [1.807, 2.05) is 13.8 Å². The van der Waals surface area contributed by atoms with E-state index in [4.69, 9.17) is 21.1 Å². The molecule has 1 N–H and O–H groups in total. The Hall–Kier alpha value is -1.26. The highest BCUT2D eigenvalue weighted by Gasteiger charge is 2.17. The van der Waals surface area contributed by atoms with Gasteiger partial charge in [-0.1, -0.05) is 24.6 Å². The summed E-state index contributed by atoms with van der Waals surface area (Å²) in [5, 5.41) is 3.44. The molecule has 0 bridgehead atoms. The molecule has 0 saturated heterocycles. The van der Waals surface area contributed by atoms with E-state index in [-0.39, 0.29) is 5.91 Å². The molecule has 20 heavy (non-hydrogen) atoms. The third-order valence-electron chi connectivity index (χ3n) is 2.71. The summed E-state index contributed by atoms with van der Waals surface area (Å²) in [4.78, 5) is 12.0. The summed E-state index contributed by atoms with van der Waals surface area (Å²) in [6.07, 6.45) is 0.900. The molecule has 5 heteroatoms. The molecule has 0 aliphatic rings. The first-order chi connectivity index (χ1) is 9.67. The fourth-order valence-electron chi connectivity index (χ4n) is 1.67. The van der Waals surface area contributed by atoms with Gasteiger partial charge in [0, 0.05) is 24.8 Å². The largest absolute Gasteiger partial charge is 0.481 e. The first kappa shape index (κ1) is 16.8. The molecule has 1 amide bonds. The van der Waals surface area contributed by atoms with E-state index in [9.17, 15) is 4.79 Å². The average molecular weight is 300 g/mol. The Bertz CT molecular complexity index is 412. The van der Waals surface area contributed by atoms with Gasteiger partial charge in [-0.2, -0.15) is 0 Å². The molecule has 0 spiro atoms. The number of nitrogens with one attached hydrogen (secondary N) is 1. The molecule has 1 atom stereocenters. The van der Waals surface area contributed by atoms with Gasteiger partial charge < -0.3 is 14.8 Å². The number of halogens is 1. The Morgan fingerprint density at radius 1 is 1.40 bits per heavy atom. The van der Waals surface area contributed by atoms with Gasteiger partial charge in [0.05, 0.1) is 0 Å².